The van der Waals surface area contributed by atoms with Crippen molar-refractivity contribution in [3.63, 3.8) is 0 Å². The lowest BCUT2D eigenvalue weighted by atomic mass is 10.1. The van der Waals surface area contributed by atoms with Crippen molar-refractivity contribution in [1.82, 2.24) is 10.3 Å². The van der Waals surface area contributed by atoms with Gasteiger partial charge < -0.3 is 5.32 Å². The summed E-state index contributed by atoms with van der Waals surface area (Å²) in [4.78, 5) is 4.72. The number of thiazole rings is 1. The molecule has 15 heavy (non-hydrogen) atoms. The Labute approximate surface area is 96.1 Å². The maximum Gasteiger partial charge on any atom is 0.0929 e. The third-order valence-corrected chi connectivity index (χ3v) is 3.85. The molecule has 1 saturated heterocycles. The van der Waals surface area contributed by atoms with E-state index in [9.17, 15) is 0 Å². The van der Waals surface area contributed by atoms with E-state index in [1.54, 1.807) is 0 Å². The molecule has 0 amide bonds. The second-order valence-electron chi connectivity index (χ2n) is 4.75. The molecule has 0 saturated carbocycles. The van der Waals surface area contributed by atoms with Gasteiger partial charge in [0.2, 0.25) is 0 Å². The molecule has 1 N–H and O–H groups in total. The van der Waals surface area contributed by atoms with E-state index in [4.69, 9.17) is 4.98 Å². The van der Waals surface area contributed by atoms with Crippen LogP contribution in [0, 0.1) is 5.92 Å². The lowest BCUT2D eigenvalue weighted by Gasteiger charge is -2.05. The normalized spacial score (nSPS) is 21.4. The smallest absolute Gasteiger partial charge is 0.0929 e. The molecule has 0 spiro atoms. The monoisotopic (exact) mass is 224 g/mol. The minimum Gasteiger partial charge on any atom is -0.309 e. The zero-order valence-electron chi connectivity index (χ0n) is 9.62. The van der Waals surface area contributed by atoms with Gasteiger partial charge in [0, 0.05) is 5.38 Å². The fourth-order valence-electron chi connectivity index (χ4n) is 1.95. The summed E-state index contributed by atoms with van der Waals surface area (Å²) >= 11 is 1.83. The Balaban J connectivity index is 1.91. The third kappa shape index (κ3) is 3.02. The van der Waals surface area contributed by atoms with Gasteiger partial charge in [0.1, 0.15) is 0 Å². The molecule has 1 fully saturated rings. The maximum atomic E-state index is 4.72. The van der Waals surface area contributed by atoms with Gasteiger partial charge in [0.05, 0.1) is 16.7 Å². The molecular weight excluding hydrogens is 204 g/mol. The van der Waals surface area contributed by atoms with Crippen LogP contribution in [0.3, 0.4) is 0 Å². The van der Waals surface area contributed by atoms with Crippen LogP contribution in [0.25, 0.3) is 0 Å². The van der Waals surface area contributed by atoms with Crippen molar-refractivity contribution in [1.29, 1.82) is 0 Å². The molecular formula is C12H20N2S. The van der Waals surface area contributed by atoms with Crippen molar-refractivity contribution >= 4 is 11.3 Å². The predicted molar refractivity (Wildman–Crippen MR) is 65.3 cm³/mol. The fourth-order valence-corrected chi connectivity index (χ4v) is 2.82. The highest BCUT2D eigenvalue weighted by atomic mass is 32.1. The van der Waals surface area contributed by atoms with E-state index in [-0.39, 0.29) is 0 Å². The molecule has 3 heteroatoms. The lowest BCUT2D eigenvalue weighted by molar-refractivity contribution is 0.581. The Bertz CT molecular complexity index is 300. The molecule has 84 valence electrons. The molecule has 0 aromatic carbocycles. The maximum absolute atomic E-state index is 4.72. The van der Waals surface area contributed by atoms with Gasteiger partial charge in [-0.05, 0) is 38.1 Å². The Morgan fingerprint density at radius 2 is 2.47 bits per heavy atom. The van der Waals surface area contributed by atoms with Crippen molar-refractivity contribution in [3.8, 4) is 0 Å². The van der Waals surface area contributed by atoms with E-state index < -0.39 is 0 Å². The first kappa shape index (κ1) is 11.1. The van der Waals surface area contributed by atoms with Crippen LogP contribution in [0.5, 0.6) is 0 Å². The Hall–Kier alpha value is -0.410. The van der Waals surface area contributed by atoms with E-state index in [1.165, 1.54) is 30.0 Å². The number of rotatable bonds is 4. The number of nitrogens with zero attached hydrogens (tertiary/aromatic N) is 1. The molecule has 1 atom stereocenters. The molecule has 1 aromatic rings. The molecule has 0 radical (unpaired) electrons. The summed E-state index contributed by atoms with van der Waals surface area (Å²) in [7, 11) is 0. The minimum absolute atomic E-state index is 0.536. The number of aryl methyl sites for hydroxylation is 1. The zero-order chi connectivity index (χ0) is 10.7. The average molecular weight is 224 g/mol. The summed E-state index contributed by atoms with van der Waals surface area (Å²) in [5, 5.41) is 7.04. The largest absolute Gasteiger partial charge is 0.309 e. The first-order valence-corrected chi connectivity index (χ1v) is 6.81. The number of hydrogen-bond acceptors (Lipinski definition) is 3. The van der Waals surface area contributed by atoms with Crippen LogP contribution in [0.1, 0.15) is 49.9 Å². The summed E-state index contributed by atoms with van der Waals surface area (Å²) in [6.45, 7) is 5.70. The Morgan fingerprint density at radius 3 is 3.13 bits per heavy atom. The van der Waals surface area contributed by atoms with Gasteiger partial charge in [-0.25, -0.2) is 4.98 Å². The molecule has 1 aromatic heterocycles. The lowest BCUT2D eigenvalue weighted by Crippen LogP contribution is -2.13. The highest BCUT2D eigenvalue weighted by Crippen LogP contribution is 2.25. The predicted octanol–water partition coefficient (Wildman–Crippen LogP) is 3.16. The minimum atomic E-state index is 0.536. The van der Waals surface area contributed by atoms with Gasteiger partial charge in [-0.3, -0.25) is 0 Å². The highest BCUT2D eigenvalue weighted by molar-refractivity contribution is 7.09. The first-order valence-electron chi connectivity index (χ1n) is 5.93. The molecule has 0 unspecified atom stereocenters. The van der Waals surface area contributed by atoms with Gasteiger partial charge in [-0.1, -0.05) is 13.8 Å². The van der Waals surface area contributed by atoms with Crippen LogP contribution in [0.2, 0.25) is 0 Å². The van der Waals surface area contributed by atoms with Crippen LogP contribution in [-0.4, -0.2) is 11.5 Å². The van der Waals surface area contributed by atoms with Gasteiger partial charge in [0.25, 0.3) is 0 Å². The standard InChI is InChI=1S/C12H20N2S/c1-9(2)5-6-12-14-11(8-15-12)10-4-3-7-13-10/h8-10,13H,3-7H2,1-2H3/t10-/m0/s1. The third-order valence-electron chi connectivity index (χ3n) is 2.92. The van der Waals surface area contributed by atoms with Crippen molar-refractivity contribution in [3.05, 3.63) is 16.1 Å². The summed E-state index contributed by atoms with van der Waals surface area (Å²) in [5.41, 5.74) is 1.27. The van der Waals surface area contributed by atoms with Gasteiger partial charge in [-0.2, -0.15) is 0 Å². The average Bonchev–Trinajstić information content (AvgIpc) is 2.85. The fraction of sp³-hybridized carbons (Fsp3) is 0.750. The number of aromatic nitrogens is 1. The Kier molecular flexibility index (Phi) is 3.76. The van der Waals surface area contributed by atoms with E-state index >= 15 is 0 Å². The van der Waals surface area contributed by atoms with Crippen LogP contribution in [0.15, 0.2) is 5.38 Å². The molecule has 2 heterocycles. The summed E-state index contributed by atoms with van der Waals surface area (Å²) in [6.07, 6.45) is 4.96. The van der Waals surface area contributed by atoms with Crippen LogP contribution >= 0.6 is 11.3 Å². The van der Waals surface area contributed by atoms with Crippen molar-refractivity contribution in [2.24, 2.45) is 5.92 Å². The SMILES string of the molecule is CC(C)CCc1nc([C@@H]2CCCN2)cs1. The quantitative estimate of drug-likeness (QED) is 0.850. The number of nitrogens with one attached hydrogen (secondary N) is 1. The molecule has 0 aliphatic carbocycles. The van der Waals surface area contributed by atoms with Gasteiger partial charge >= 0.3 is 0 Å². The molecule has 2 nitrogen and oxygen atoms in total. The van der Waals surface area contributed by atoms with Crippen molar-refractivity contribution in [2.45, 2.75) is 45.6 Å². The Morgan fingerprint density at radius 1 is 1.60 bits per heavy atom. The van der Waals surface area contributed by atoms with Crippen molar-refractivity contribution < 1.29 is 0 Å². The van der Waals surface area contributed by atoms with Crippen LogP contribution < -0.4 is 5.32 Å². The van der Waals surface area contributed by atoms with Gasteiger partial charge in [-0.15, -0.1) is 11.3 Å². The van der Waals surface area contributed by atoms with E-state index in [0.29, 0.717) is 6.04 Å². The summed E-state index contributed by atoms with van der Waals surface area (Å²) < 4.78 is 0. The second kappa shape index (κ2) is 5.08. The van der Waals surface area contributed by atoms with E-state index in [1.807, 2.05) is 11.3 Å². The first-order chi connectivity index (χ1) is 7.25. The van der Waals surface area contributed by atoms with Crippen molar-refractivity contribution in [2.75, 3.05) is 6.54 Å². The van der Waals surface area contributed by atoms with E-state index in [2.05, 4.69) is 24.5 Å². The number of hydrogen-bond donors (Lipinski definition) is 1. The van der Waals surface area contributed by atoms with Crippen LogP contribution in [-0.2, 0) is 6.42 Å². The molecule has 2 rings (SSSR count). The molecule has 1 aliphatic heterocycles. The summed E-state index contributed by atoms with van der Waals surface area (Å²) in [5.74, 6) is 0.780. The van der Waals surface area contributed by atoms with Gasteiger partial charge in [0.15, 0.2) is 0 Å². The topological polar surface area (TPSA) is 24.9 Å². The second-order valence-corrected chi connectivity index (χ2v) is 5.69. The zero-order valence-corrected chi connectivity index (χ0v) is 10.4. The highest BCUT2D eigenvalue weighted by Gasteiger charge is 2.18. The molecule has 0 bridgehead atoms. The van der Waals surface area contributed by atoms with Crippen LogP contribution in [0.4, 0.5) is 0 Å². The molecule has 1 aliphatic rings. The van der Waals surface area contributed by atoms with E-state index in [0.717, 1.165) is 18.9 Å². The summed E-state index contributed by atoms with van der Waals surface area (Å²) in [6, 6.07) is 0.536.